The first-order chi connectivity index (χ1) is 2.56. The summed E-state index contributed by atoms with van der Waals surface area (Å²) in [6.45, 7) is 1.66. The monoisotopic (exact) mass is 132 g/mol. The number of hydrogen-bond donors (Lipinski definition) is 0. The van der Waals surface area contributed by atoms with Gasteiger partial charge in [0.05, 0.1) is 0 Å². The van der Waals surface area contributed by atoms with Crippen LogP contribution in [0.25, 0.3) is 0 Å². The quantitative estimate of drug-likeness (QED) is 0.386. The van der Waals surface area contributed by atoms with Crippen LogP contribution in [0.1, 0.15) is 0 Å². The van der Waals surface area contributed by atoms with E-state index in [1.54, 1.807) is 6.66 Å². The maximum atomic E-state index is 10.4. The normalized spacial score (nSPS) is 20.0. The van der Waals surface area contributed by atoms with Crippen LogP contribution in [0.3, 0.4) is 0 Å². The summed E-state index contributed by atoms with van der Waals surface area (Å²) in [7, 11) is 1.49. The van der Waals surface area contributed by atoms with Crippen LogP contribution < -0.4 is 0 Å². The molecule has 0 aromatic heterocycles. The van der Waals surface area contributed by atoms with Gasteiger partial charge in [-0.05, 0) is 0 Å². The van der Waals surface area contributed by atoms with Crippen LogP contribution in [0.4, 0.5) is 0 Å². The fourth-order valence-corrected chi connectivity index (χ4v) is 0. The van der Waals surface area contributed by atoms with Gasteiger partial charge in [-0.15, -0.1) is 0 Å². The fraction of sp³-hybridized carbons (Fsp3) is 1.00. The zero-order chi connectivity index (χ0) is 5.21. The summed E-state index contributed by atoms with van der Waals surface area (Å²) >= 11 is 0.342. The molecule has 4 heteroatoms. The van der Waals surface area contributed by atoms with Crippen LogP contribution in [0.15, 0.2) is 0 Å². The van der Waals surface area contributed by atoms with E-state index in [1.165, 1.54) is 7.11 Å². The average Bonchev–Trinajstić information content (AvgIpc) is 1.35. The molecule has 0 saturated carbocycles. The summed E-state index contributed by atoms with van der Waals surface area (Å²) in [5, 5.41) is 0. The Hall–Kier alpha value is 1.83. The molecule has 0 aromatic carbocycles. The molecule has 0 aromatic rings. The van der Waals surface area contributed by atoms with Crippen molar-refractivity contribution in [3.63, 3.8) is 0 Å². The molecule has 2 nitrogen and oxygen atoms in total. The van der Waals surface area contributed by atoms with E-state index in [9.17, 15) is 4.57 Å². The Morgan fingerprint density at radius 1 is 1.83 bits per heavy atom. The first kappa shape index (κ1) is 7.83. The minimum atomic E-state index is -1.96. The minimum absolute atomic E-state index is 0.342. The van der Waals surface area contributed by atoms with Crippen molar-refractivity contribution in [3.05, 3.63) is 0 Å². The Labute approximate surface area is 70.0 Å². The van der Waals surface area contributed by atoms with Crippen molar-refractivity contribution < 1.29 is 9.09 Å². The van der Waals surface area contributed by atoms with Crippen molar-refractivity contribution in [2.24, 2.45) is 0 Å². The van der Waals surface area contributed by atoms with Crippen LogP contribution in [-0.4, -0.2) is 61.8 Å². The van der Waals surface area contributed by atoms with Gasteiger partial charge in [0.2, 0.25) is 0 Å². The van der Waals surface area contributed by atoms with Crippen molar-refractivity contribution >= 4 is 48.5 Å². The molecule has 0 amide bonds. The summed E-state index contributed by atoms with van der Waals surface area (Å²) < 4.78 is 13.1. The zero-order valence-corrected chi connectivity index (χ0v) is 8.28. The fourth-order valence-electron chi connectivity index (χ4n) is 0. The van der Waals surface area contributed by atoms with E-state index in [0.29, 0.717) is 48.1 Å². The van der Waals surface area contributed by atoms with Gasteiger partial charge in [0.1, 0.15) is 0 Å². The van der Waals surface area contributed by atoms with Gasteiger partial charge >= 0.3 is 71.4 Å². The molecule has 0 N–H and O–H groups in total. The van der Waals surface area contributed by atoms with Gasteiger partial charge in [-0.3, -0.25) is 0 Å². The molecule has 32 valence electrons. The van der Waals surface area contributed by atoms with Crippen molar-refractivity contribution in [1.82, 2.24) is 0 Å². The molecule has 0 fully saturated rings. The van der Waals surface area contributed by atoms with Crippen molar-refractivity contribution in [1.29, 1.82) is 0 Å². The van der Waals surface area contributed by atoms with Crippen LogP contribution >= 0.6 is 0.452 Å². The van der Waals surface area contributed by atoms with E-state index in [2.05, 4.69) is 4.52 Å². The Morgan fingerprint density at radius 2 is 2.00 bits per heavy atom. The molecule has 1 unspecified atom stereocenters. The molecule has 0 bridgehead atoms. The van der Waals surface area contributed by atoms with Crippen molar-refractivity contribution in [2.45, 2.75) is 0 Å². The van der Waals surface area contributed by atoms with E-state index >= 15 is 0 Å². The van der Waals surface area contributed by atoms with Gasteiger partial charge in [-0.1, -0.05) is 0 Å². The van der Waals surface area contributed by atoms with E-state index in [1.807, 2.05) is 0 Å². The molecule has 0 radical (unpaired) electrons. The Morgan fingerprint density at radius 3 is 2.00 bits per heavy atom. The SMILES string of the molecule is CO[P](C)(=O)[K]. The first-order valence-corrected chi connectivity index (χ1v) is 8.38. The van der Waals surface area contributed by atoms with Crippen LogP contribution in [-0.2, 0) is 9.09 Å². The third-order valence-corrected chi connectivity index (χ3v) is 3.03. The molecule has 0 aliphatic heterocycles. The predicted molar refractivity (Wildman–Crippen MR) is 26.3 cm³/mol. The standard InChI is InChI=1S/C2H6O2P.K/c1-4-5(2)3;/h1-2H3;/q+1;-1. The van der Waals surface area contributed by atoms with E-state index < -0.39 is 0.452 Å². The van der Waals surface area contributed by atoms with Gasteiger partial charge in [0.25, 0.3) is 0 Å². The second-order valence-electron chi connectivity index (χ2n) is 1.43. The first-order valence-electron chi connectivity index (χ1n) is 1.67. The molecule has 0 spiro atoms. The van der Waals surface area contributed by atoms with Crippen LogP contribution in [0.2, 0.25) is 0 Å². The third kappa shape index (κ3) is 5.83. The Bertz CT molecular complexity index is 75.6. The summed E-state index contributed by atoms with van der Waals surface area (Å²) in [6.07, 6.45) is 0. The van der Waals surface area contributed by atoms with Gasteiger partial charge in [0.15, 0.2) is 0 Å². The van der Waals surface area contributed by atoms with Gasteiger partial charge in [-0.25, -0.2) is 0 Å². The molecule has 1 atom stereocenters. The molecule has 6 heavy (non-hydrogen) atoms. The van der Waals surface area contributed by atoms with E-state index in [-0.39, 0.29) is 0 Å². The molecular formula is C2H6KO2P. The summed E-state index contributed by atoms with van der Waals surface area (Å²) in [5.41, 5.74) is 0. The number of hydrogen-bond acceptors (Lipinski definition) is 2. The zero-order valence-electron chi connectivity index (χ0n) is 4.26. The predicted octanol–water partition coefficient (Wildman–Crippen LogP) is 0.624. The molecular weight excluding hydrogens is 126 g/mol. The van der Waals surface area contributed by atoms with Gasteiger partial charge < -0.3 is 0 Å². The van der Waals surface area contributed by atoms with E-state index in [4.69, 9.17) is 0 Å². The summed E-state index contributed by atoms with van der Waals surface area (Å²) in [4.78, 5) is 0. The van der Waals surface area contributed by atoms with E-state index in [0.717, 1.165) is 0 Å². The van der Waals surface area contributed by atoms with Crippen molar-refractivity contribution in [3.8, 4) is 0 Å². The average molecular weight is 132 g/mol. The van der Waals surface area contributed by atoms with Gasteiger partial charge in [0, 0.05) is 0 Å². The topological polar surface area (TPSA) is 26.3 Å². The molecule has 0 heterocycles. The van der Waals surface area contributed by atoms with Crippen LogP contribution in [0, 0.1) is 0 Å². The van der Waals surface area contributed by atoms with Crippen molar-refractivity contribution in [2.75, 3.05) is 13.8 Å². The summed E-state index contributed by atoms with van der Waals surface area (Å²) in [5.74, 6) is 0. The molecule has 0 aliphatic rings. The summed E-state index contributed by atoms with van der Waals surface area (Å²) in [6, 6.07) is 0. The molecule has 0 saturated heterocycles. The second-order valence-corrected chi connectivity index (χ2v) is 11.9. The molecule has 0 aliphatic carbocycles. The second kappa shape index (κ2) is 2.97. The molecule has 0 rings (SSSR count). The number of rotatable bonds is 1. The Kier molecular flexibility index (Phi) is 3.88. The van der Waals surface area contributed by atoms with Crippen LogP contribution in [0.5, 0.6) is 0 Å². The maximum absolute atomic E-state index is 10.4. The third-order valence-electron chi connectivity index (χ3n) is 0.440. The Balaban J connectivity index is 3.48. The van der Waals surface area contributed by atoms with Gasteiger partial charge in [-0.2, -0.15) is 0 Å².